The number of rotatable bonds is 3. The van der Waals surface area contributed by atoms with Gasteiger partial charge < -0.3 is 9.80 Å². The molecule has 0 spiro atoms. The van der Waals surface area contributed by atoms with Gasteiger partial charge in [0.05, 0.1) is 5.39 Å². The van der Waals surface area contributed by atoms with Crippen LogP contribution in [0.1, 0.15) is 22.9 Å². The fourth-order valence-electron chi connectivity index (χ4n) is 3.82. The van der Waals surface area contributed by atoms with Crippen molar-refractivity contribution in [2.45, 2.75) is 27.7 Å². The Morgan fingerprint density at radius 2 is 1.78 bits per heavy atom. The summed E-state index contributed by atoms with van der Waals surface area (Å²) in [4.78, 5) is 16.3. The number of thiophene rings is 1. The number of anilines is 1. The molecule has 0 unspecified atom stereocenters. The SMILES string of the molecule is CCN1CCN(c2nc(Cl)nc3sc(C)c(-c4ccc(C)c(C)c4)c23)CC1. The van der Waals surface area contributed by atoms with Crippen LogP contribution in [0.2, 0.25) is 5.28 Å². The van der Waals surface area contributed by atoms with E-state index in [4.69, 9.17) is 11.6 Å². The van der Waals surface area contributed by atoms with E-state index in [0.29, 0.717) is 5.28 Å². The van der Waals surface area contributed by atoms with E-state index >= 15 is 0 Å². The zero-order chi connectivity index (χ0) is 19.1. The van der Waals surface area contributed by atoms with Gasteiger partial charge in [0, 0.05) is 36.6 Å². The van der Waals surface area contributed by atoms with Crippen LogP contribution in [0, 0.1) is 20.8 Å². The molecule has 2 aromatic heterocycles. The minimum Gasteiger partial charge on any atom is -0.353 e. The molecule has 0 bridgehead atoms. The smallest absolute Gasteiger partial charge is 0.225 e. The van der Waals surface area contributed by atoms with Gasteiger partial charge in [-0.05, 0) is 55.6 Å². The molecule has 1 saturated heterocycles. The highest BCUT2D eigenvalue weighted by Gasteiger charge is 2.24. The lowest BCUT2D eigenvalue weighted by Gasteiger charge is -2.35. The molecular weight excluding hydrogens is 376 g/mol. The second kappa shape index (κ2) is 7.38. The number of nitrogens with zero attached hydrogens (tertiary/aromatic N) is 4. The first-order valence-corrected chi connectivity index (χ1v) is 10.7. The number of aromatic nitrogens is 2. The normalized spacial score (nSPS) is 15.7. The Morgan fingerprint density at radius 3 is 2.44 bits per heavy atom. The van der Waals surface area contributed by atoms with Crippen molar-refractivity contribution in [1.29, 1.82) is 0 Å². The Hall–Kier alpha value is -1.69. The molecule has 1 aromatic carbocycles. The standard InChI is InChI=1S/C21H25ClN4S/c1-5-25-8-10-26(11-9-25)19-18-17(16-7-6-13(2)14(3)12-16)15(4)27-20(18)24-21(22)23-19/h6-7,12H,5,8-11H2,1-4H3. The van der Waals surface area contributed by atoms with Crippen LogP contribution in [0.3, 0.4) is 0 Å². The highest BCUT2D eigenvalue weighted by atomic mass is 35.5. The van der Waals surface area contributed by atoms with Crippen molar-refractivity contribution >= 4 is 39.0 Å². The Bertz CT molecular complexity index is 990. The zero-order valence-corrected chi connectivity index (χ0v) is 17.9. The molecule has 0 saturated carbocycles. The number of fused-ring (bicyclic) bond motifs is 1. The molecule has 4 rings (SSSR count). The summed E-state index contributed by atoms with van der Waals surface area (Å²) in [5, 5.41) is 1.48. The summed E-state index contributed by atoms with van der Waals surface area (Å²) in [6.45, 7) is 13.9. The van der Waals surface area contributed by atoms with Crippen molar-refractivity contribution in [3.05, 3.63) is 39.5 Å². The molecule has 0 radical (unpaired) electrons. The van der Waals surface area contributed by atoms with E-state index in [0.717, 1.165) is 48.8 Å². The minimum atomic E-state index is 0.336. The maximum atomic E-state index is 6.30. The Balaban J connectivity index is 1.88. The van der Waals surface area contributed by atoms with E-state index in [2.05, 4.69) is 65.7 Å². The van der Waals surface area contributed by atoms with E-state index in [1.165, 1.54) is 27.1 Å². The van der Waals surface area contributed by atoms with Crippen molar-refractivity contribution in [3.8, 4) is 11.1 Å². The number of aryl methyl sites for hydroxylation is 3. The largest absolute Gasteiger partial charge is 0.353 e. The van der Waals surface area contributed by atoms with Crippen LogP contribution in [0.15, 0.2) is 18.2 Å². The third kappa shape index (κ3) is 3.44. The Morgan fingerprint density at radius 1 is 1.04 bits per heavy atom. The average molecular weight is 401 g/mol. The average Bonchev–Trinajstić information content (AvgIpc) is 2.99. The van der Waals surface area contributed by atoms with Gasteiger partial charge in [-0.1, -0.05) is 25.1 Å². The van der Waals surface area contributed by atoms with Gasteiger partial charge in [-0.2, -0.15) is 4.98 Å². The number of halogens is 1. The lowest BCUT2D eigenvalue weighted by molar-refractivity contribution is 0.271. The van der Waals surface area contributed by atoms with Crippen molar-refractivity contribution in [2.24, 2.45) is 0 Å². The molecule has 3 aromatic rings. The third-order valence-corrected chi connectivity index (χ3v) is 6.76. The molecular formula is C21H25ClN4S. The fourth-order valence-corrected chi connectivity index (χ4v) is 5.07. The van der Waals surface area contributed by atoms with Gasteiger partial charge >= 0.3 is 0 Å². The summed E-state index contributed by atoms with van der Waals surface area (Å²) < 4.78 is 0. The van der Waals surface area contributed by atoms with Gasteiger partial charge in [0.25, 0.3) is 0 Å². The van der Waals surface area contributed by atoms with Crippen LogP contribution in [-0.4, -0.2) is 47.6 Å². The van der Waals surface area contributed by atoms with E-state index in [9.17, 15) is 0 Å². The van der Waals surface area contributed by atoms with Gasteiger partial charge in [-0.25, -0.2) is 4.98 Å². The molecule has 27 heavy (non-hydrogen) atoms. The quantitative estimate of drug-likeness (QED) is 0.574. The van der Waals surface area contributed by atoms with E-state index in [-0.39, 0.29) is 0 Å². The van der Waals surface area contributed by atoms with Gasteiger partial charge in [0.2, 0.25) is 5.28 Å². The molecule has 4 nitrogen and oxygen atoms in total. The molecule has 0 amide bonds. The predicted molar refractivity (Wildman–Crippen MR) is 116 cm³/mol. The molecule has 1 fully saturated rings. The lowest BCUT2D eigenvalue weighted by Crippen LogP contribution is -2.46. The van der Waals surface area contributed by atoms with Crippen molar-refractivity contribution in [1.82, 2.24) is 14.9 Å². The number of benzene rings is 1. The van der Waals surface area contributed by atoms with Crippen LogP contribution in [0.5, 0.6) is 0 Å². The minimum absolute atomic E-state index is 0.336. The van der Waals surface area contributed by atoms with Gasteiger partial charge in [0.1, 0.15) is 10.6 Å². The maximum absolute atomic E-state index is 6.30. The topological polar surface area (TPSA) is 32.3 Å². The Kier molecular flexibility index (Phi) is 5.10. The first-order chi connectivity index (χ1) is 13.0. The first kappa shape index (κ1) is 18.7. The van der Waals surface area contributed by atoms with E-state index in [1.54, 1.807) is 11.3 Å². The summed E-state index contributed by atoms with van der Waals surface area (Å²) in [6.07, 6.45) is 0. The number of hydrogen-bond donors (Lipinski definition) is 0. The number of hydrogen-bond acceptors (Lipinski definition) is 5. The van der Waals surface area contributed by atoms with Crippen molar-refractivity contribution in [2.75, 3.05) is 37.6 Å². The molecule has 0 N–H and O–H groups in total. The molecule has 0 atom stereocenters. The molecule has 1 aliphatic rings. The summed E-state index contributed by atoms with van der Waals surface area (Å²) in [7, 11) is 0. The van der Waals surface area contributed by atoms with Crippen LogP contribution >= 0.6 is 22.9 Å². The van der Waals surface area contributed by atoms with Crippen LogP contribution in [-0.2, 0) is 0 Å². The van der Waals surface area contributed by atoms with Gasteiger partial charge in [-0.15, -0.1) is 11.3 Å². The molecule has 0 aliphatic carbocycles. The predicted octanol–water partition coefficient (Wildman–Crippen LogP) is 5.08. The van der Waals surface area contributed by atoms with E-state index in [1.807, 2.05) is 0 Å². The zero-order valence-electron chi connectivity index (χ0n) is 16.3. The van der Waals surface area contributed by atoms with Gasteiger partial charge in [0.15, 0.2) is 0 Å². The highest BCUT2D eigenvalue weighted by molar-refractivity contribution is 7.19. The molecule has 1 aliphatic heterocycles. The van der Waals surface area contributed by atoms with Crippen LogP contribution < -0.4 is 4.90 Å². The van der Waals surface area contributed by atoms with Crippen LogP contribution in [0.4, 0.5) is 5.82 Å². The number of likely N-dealkylation sites (N-methyl/N-ethyl adjacent to an activating group) is 1. The lowest BCUT2D eigenvalue weighted by atomic mass is 9.99. The first-order valence-electron chi connectivity index (χ1n) is 9.49. The maximum Gasteiger partial charge on any atom is 0.225 e. The molecule has 6 heteroatoms. The van der Waals surface area contributed by atoms with Crippen molar-refractivity contribution in [3.63, 3.8) is 0 Å². The van der Waals surface area contributed by atoms with Crippen molar-refractivity contribution < 1.29 is 0 Å². The Labute approximate surface area is 169 Å². The van der Waals surface area contributed by atoms with E-state index < -0.39 is 0 Å². The second-order valence-electron chi connectivity index (χ2n) is 7.25. The molecule has 3 heterocycles. The summed E-state index contributed by atoms with van der Waals surface area (Å²) in [6, 6.07) is 6.69. The monoisotopic (exact) mass is 400 g/mol. The fraction of sp³-hybridized carbons (Fsp3) is 0.429. The highest BCUT2D eigenvalue weighted by Crippen LogP contribution is 2.42. The third-order valence-electron chi connectivity index (χ3n) is 5.60. The number of piperazine rings is 1. The summed E-state index contributed by atoms with van der Waals surface area (Å²) in [5.41, 5.74) is 5.11. The molecule has 142 valence electrons. The van der Waals surface area contributed by atoms with Gasteiger partial charge in [-0.3, -0.25) is 0 Å². The summed E-state index contributed by atoms with van der Waals surface area (Å²) in [5.74, 6) is 0.985. The summed E-state index contributed by atoms with van der Waals surface area (Å²) >= 11 is 8.01. The second-order valence-corrected chi connectivity index (χ2v) is 8.79. The van der Waals surface area contributed by atoms with Crippen LogP contribution in [0.25, 0.3) is 21.3 Å².